The first-order valence-electron chi connectivity index (χ1n) is 8.51. The molecular weight excluding hydrogens is 392 g/mol. The third kappa shape index (κ3) is 4.64. The Kier molecular flexibility index (Phi) is 5.20. The summed E-state index contributed by atoms with van der Waals surface area (Å²) < 4.78 is 62.8. The van der Waals surface area contributed by atoms with E-state index in [0.717, 1.165) is 12.1 Å². The molecule has 0 bridgehead atoms. The Balaban J connectivity index is 2.06. The Bertz CT molecular complexity index is 1030. The minimum Gasteiger partial charge on any atom is -0.493 e. The average Bonchev–Trinajstić information content (AvgIpc) is 3.13. The van der Waals surface area contributed by atoms with Gasteiger partial charge in [-0.2, -0.15) is 28.2 Å². The first-order chi connectivity index (χ1) is 13.5. The second-order valence-corrected chi connectivity index (χ2v) is 7.23. The highest BCUT2D eigenvalue weighted by Gasteiger charge is 2.33. The summed E-state index contributed by atoms with van der Waals surface area (Å²) >= 11 is 0. The molecule has 0 amide bonds. The summed E-state index contributed by atoms with van der Waals surface area (Å²) in [6, 6.07) is 5.93. The summed E-state index contributed by atoms with van der Waals surface area (Å²) in [4.78, 5) is 8.51. The molecule has 0 unspecified atom stereocenters. The van der Waals surface area contributed by atoms with Crippen molar-refractivity contribution >= 4 is 0 Å². The molecule has 29 heavy (non-hydrogen) atoms. The summed E-state index contributed by atoms with van der Waals surface area (Å²) in [6.07, 6.45) is -4.56. The van der Waals surface area contributed by atoms with Crippen molar-refractivity contribution in [3.63, 3.8) is 0 Å². The lowest BCUT2D eigenvalue weighted by atomic mass is 9.91. The van der Waals surface area contributed by atoms with Gasteiger partial charge in [0.25, 0.3) is 0 Å². The molecule has 0 aliphatic carbocycles. The minimum atomic E-state index is -4.56. The number of methoxy groups -OCH3 is 1. The predicted octanol–water partition coefficient (Wildman–Crippen LogP) is 5.12. The van der Waals surface area contributed by atoms with Crippen LogP contribution in [-0.2, 0) is 11.6 Å². The molecule has 0 aliphatic heterocycles. The molecule has 0 saturated heterocycles. The fraction of sp³-hybridized carbons (Fsp3) is 0.316. The van der Waals surface area contributed by atoms with Crippen molar-refractivity contribution in [1.29, 1.82) is 0 Å². The van der Waals surface area contributed by atoms with E-state index in [2.05, 4.69) is 15.1 Å². The van der Waals surface area contributed by atoms with Gasteiger partial charge in [0.2, 0.25) is 0 Å². The highest BCUT2D eigenvalue weighted by molar-refractivity contribution is 5.56. The van der Waals surface area contributed by atoms with Crippen LogP contribution in [-0.4, -0.2) is 27.3 Å². The molecular formula is C19H18F4N4O2. The van der Waals surface area contributed by atoms with Gasteiger partial charge in [0.1, 0.15) is 17.2 Å². The van der Waals surface area contributed by atoms with Gasteiger partial charge in [-0.25, -0.2) is 4.39 Å². The summed E-state index contributed by atoms with van der Waals surface area (Å²) in [5.41, 5.74) is -0.790. The standard InChI is InChI=1S/C19H18F4N4O2/c1-18(2,3)15-8-11(12-9-16(27-26-12)19(21,22)23)24-17(25-15)29-13-6-5-10(20)7-14(13)28-4/h5-9H,1-4H3,(H,26,27). The maximum atomic E-state index is 13.4. The maximum Gasteiger partial charge on any atom is 0.432 e. The topological polar surface area (TPSA) is 72.9 Å². The molecule has 0 aliphatic rings. The lowest BCUT2D eigenvalue weighted by Gasteiger charge is -2.19. The van der Waals surface area contributed by atoms with Crippen LogP contribution in [0.5, 0.6) is 17.5 Å². The van der Waals surface area contributed by atoms with Gasteiger partial charge in [-0.3, -0.25) is 5.10 Å². The Morgan fingerprint density at radius 1 is 0.931 bits per heavy atom. The fourth-order valence-electron chi connectivity index (χ4n) is 2.41. The SMILES string of the molecule is COc1cc(F)ccc1Oc1nc(-c2cc(C(F)(F)F)[nH]n2)cc(C(C)(C)C)n1. The first kappa shape index (κ1) is 20.6. The average molecular weight is 410 g/mol. The number of alkyl halides is 3. The number of halogens is 4. The molecule has 0 fully saturated rings. The molecule has 3 rings (SSSR count). The van der Waals surface area contributed by atoms with Crippen molar-refractivity contribution < 1.29 is 27.0 Å². The molecule has 2 aromatic heterocycles. The van der Waals surface area contributed by atoms with Crippen LogP contribution in [0, 0.1) is 5.82 Å². The van der Waals surface area contributed by atoms with Gasteiger partial charge in [-0.05, 0) is 24.3 Å². The first-order valence-corrected chi connectivity index (χ1v) is 8.51. The highest BCUT2D eigenvalue weighted by Crippen LogP contribution is 2.34. The Morgan fingerprint density at radius 3 is 2.24 bits per heavy atom. The smallest absolute Gasteiger partial charge is 0.432 e. The van der Waals surface area contributed by atoms with Crippen LogP contribution in [0.3, 0.4) is 0 Å². The van der Waals surface area contributed by atoms with Crippen molar-refractivity contribution in [1.82, 2.24) is 20.2 Å². The third-order valence-electron chi connectivity index (χ3n) is 3.95. The Hall–Kier alpha value is -3.17. The van der Waals surface area contributed by atoms with Gasteiger partial charge >= 0.3 is 12.2 Å². The normalized spacial score (nSPS) is 12.1. The summed E-state index contributed by atoms with van der Waals surface area (Å²) in [6.45, 7) is 5.65. The number of H-pyrrole nitrogens is 1. The lowest BCUT2D eigenvalue weighted by Crippen LogP contribution is -2.15. The van der Waals surface area contributed by atoms with Gasteiger partial charge in [-0.15, -0.1) is 0 Å². The molecule has 10 heteroatoms. The quantitative estimate of drug-likeness (QED) is 0.604. The molecule has 0 saturated carbocycles. The number of nitrogens with one attached hydrogen (secondary N) is 1. The van der Waals surface area contributed by atoms with E-state index in [1.165, 1.54) is 19.2 Å². The van der Waals surface area contributed by atoms with E-state index in [-0.39, 0.29) is 28.9 Å². The Morgan fingerprint density at radius 2 is 1.66 bits per heavy atom. The maximum absolute atomic E-state index is 13.4. The lowest BCUT2D eigenvalue weighted by molar-refractivity contribution is -0.141. The van der Waals surface area contributed by atoms with Gasteiger partial charge in [0.05, 0.1) is 18.5 Å². The Labute approximate surface area is 163 Å². The van der Waals surface area contributed by atoms with E-state index in [9.17, 15) is 17.6 Å². The fourth-order valence-corrected chi connectivity index (χ4v) is 2.41. The van der Waals surface area contributed by atoms with Crippen LogP contribution < -0.4 is 9.47 Å². The van der Waals surface area contributed by atoms with E-state index in [4.69, 9.17) is 9.47 Å². The molecule has 1 N–H and O–H groups in total. The predicted molar refractivity (Wildman–Crippen MR) is 96.3 cm³/mol. The number of nitrogens with zero attached hydrogens (tertiary/aromatic N) is 3. The molecule has 0 radical (unpaired) electrons. The number of rotatable bonds is 4. The molecule has 0 spiro atoms. The summed E-state index contributed by atoms with van der Waals surface area (Å²) in [5, 5.41) is 5.66. The summed E-state index contributed by atoms with van der Waals surface area (Å²) in [5.74, 6) is -0.241. The number of aromatic nitrogens is 4. The minimum absolute atomic E-state index is 0.0128. The summed E-state index contributed by atoms with van der Waals surface area (Å²) in [7, 11) is 1.35. The monoisotopic (exact) mass is 410 g/mol. The van der Waals surface area contributed by atoms with E-state index in [1.54, 1.807) is 6.07 Å². The van der Waals surface area contributed by atoms with Crippen LogP contribution in [0.25, 0.3) is 11.4 Å². The largest absolute Gasteiger partial charge is 0.493 e. The van der Waals surface area contributed by atoms with Crippen molar-refractivity contribution in [2.75, 3.05) is 7.11 Å². The van der Waals surface area contributed by atoms with Crippen LogP contribution in [0.2, 0.25) is 0 Å². The molecule has 154 valence electrons. The van der Waals surface area contributed by atoms with Gasteiger partial charge < -0.3 is 9.47 Å². The van der Waals surface area contributed by atoms with Crippen molar-refractivity contribution in [3.8, 4) is 28.9 Å². The zero-order valence-electron chi connectivity index (χ0n) is 16.1. The van der Waals surface area contributed by atoms with E-state index < -0.39 is 23.1 Å². The number of ether oxygens (including phenoxy) is 2. The van der Waals surface area contributed by atoms with Gasteiger partial charge in [-0.1, -0.05) is 20.8 Å². The third-order valence-corrected chi connectivity index (χ3v) is 3.95. The molecule has 2 heterocycles. The van der Waals surface area contributed by atoms with Crippen LogP contribution >= 0.6 is 0 Å². The zero-order chi connectivity index (χ0) is 21.4. The molecule has 3 aromatic rings. The second-order valence-electron chi connectivity index (χ2n) is 7.23. The van der Waals surface area contributed by atoms with E-state index in [1.807, 2.05) is 25.9 Å². The van der Waals surface area contributed by atoms with Crippen LogP contribution in [0.1, 0.15) is 32.2 Å². The molecule has 1 aromatic carbocycles. The number of aromatic amines is 1. The number of benzene rings is 1. The van der Waals surface area contributed by atoms with Gasteiger partial charge in [0.15, 0.2) is 11.5 Å². The van der Waals surface area contributed by atoms with Crippen molar-refractivity contribution in [2.24, 2.45) is 0 Å². The molecule has 6 nitrogen and oxygen atoms in total. The highest BCUT2D eigenvalue weighted by atomic mass is 19.4. The number of hydrogen-bond donors (Lipinski definition) is 1. The van der Waals surface area contributed by atoms with E-state index >= 15 is 0 Å². The van der Waals surface area contributed by atoms with Gasteiger partial charge in [0, 0.05) is 11.5 Å². The number of hydrogen-bond acceptors (Lipinski definition) is 5. The van der Waals surface area contributed by atoms with Crippen LogP contribution in [0.15, 0.2) is 30.3 Å². The molecule has 0 atom stereocenters. The second kappa shape index (κ2) is 7.34. The van der Waals surface area contributed by atoms with E-state index in [0.29, 0.717) is 5.69 Å². The zero-order valence-corrected chi connectivity index (χ0v) is 16.1. The van der Waals surface area contributed by atoms with Crippen molar-refractivity contribution in [3.05, 3.63) is 47.5 Å². The van der Waals surface area contributed by atoms with Crippen molar-refractivity contribution in [2.45, 2.75) is 32.4 Å². The van der Waals surface area contributed by atoms with Crippen LogP contribution in [0.4, 0.5) is 17.6 Å².